The number of carboxylic acids is 2. The maximum atomic E-state index is 12.5. The van der Waals surface area contributed by atoms with E-state index in [4.69, 9.17) is 9.47 Å². The smallest absolute Gasteiger partial charge is 0.339 e. The second-order valence-electron chi connectivity index (χ2n) is 14.1. The third kappa shape index (κ3) is 12.7. The minimum Gasteiger partial charge on any atom is -0.497 e. The Hall–Kier alpha value is -4.94. The van der Waals surface area contributed by atoms with E-state index in [0.29, 0.717) is 38.0 Å². The fraction of sp³-hybridized carbons (Fsp3) is 0.538. The van der Waals surface area contributed by atoms with E-state index >= 15 is 0 Å². The molecule has 3 amide bonds. The van der Waals surface area contributed by atoms with Crippen LogP contribution in [0.4, 0.5) is 5.69 Å². The highest BCUT2D eigenvalue weighted by Gasteiger charge is 2.35. The first-order valence-electron chi connectivity index (χ1n) is 17.8. The van der Waals surface area contributed by atoms with Crippen LogP contribution in [0, 0.1) is 22.7 Å². The number of carboxylic acid groups (broad SMARTS) is 2. The van der Waals surface area contributed by atoms with Gasteiger partial charge in [0.05, 0.1) is 36.6 Å². The van der Waals surface area contributed by atoms with Crippen LogP contribution >= 0.6 is 0 Å². The number of carbonyl (C=O) groups excluding carboxylic acids is 4. The minimum atomic E-state index is -1.25. The number of carbonyl (C=O) groups is 6. The highest BCUT2D eigenvalue weighted by molar-refractivity contribution is 6.02. The maximum absolute atomic E-state index is 12.5. The molecule has 1 fully saturated rings. The van der Waals surface area contributed by atoms with Crippen molar-refractivity contribution in [1.82, 2.24) is 10.6 Å². The molecule has 2 unspecified atom stereocenters. The second-order valence-corrected chi connectivity index (χ2v) is 14.1. The molecule has 3 rings (SSSR count). The molecule has 0 saturated heterocycles. The van der Waals surface area contributed by atoms with Gasteiger partial charge in [0.15, 0.2) is 0 Å². The van der Waals surface area contributed by atoms with Crippen LogP contribution in [-0.2, 0) is 30.3 Å². The van der Waals surface area contributed by atoms with Gasteiger partial charge in [-0.25, -0.2) is 9.59 Å². The lowest BCUT2D eigenvalue weighted by Crippen LogP contribution is -2.40. The zero-order valence-electron chi connectivity index (χ0n) is 31.4. The zero-order valence-corrected chi connectivity index (χ0v) is 31.4. The summed E-state index contributed by atoms with van der Waals surface area (Å²) >= 11 is 0. The molecule has 1 aliphatic rings. The molecular formula is C39H55N3O10. The molecule has 0 bridgehead atoms. The van der Waals surface area contributed by atoms with Crippen LogP contribution < -0.4 is 20.7 Å². The number of anilines is 1. The molecule has 13 heteroatoms. The lowest BCUT2D eigenvalue weighted by Gasteiger charge is -2.27. The van der Waals surface area contributed by atoms with Crippen molar-refractivity contribution < 1.29 is 48.5 Å². The normalized spacial score (nSPS) is 15.6. The fourth-order valence-electron chi connectivity index (χ4n) is 5.30. The SMILES string of the molecule is CCC(C)(C)C(=O)NCCOC(=O)c1ccc(OC)cc1C(=O)O.CCC(C)(C)C(=O)Nc1ccccc1CCNC(=O)C1CCCCC1C(=O)O. The first kappa shape index (κ1) is 43.2. The van der Waals surface area contributed by atoms with Gasteiger partial charge in [-0.15, -0.1) is 0 Å². The predicted octanol–water partition coefficient (Wildman–Crippen LogP) is 5.71. The summed E-state index contributed by atoms with van der Waals surface area (Å²) in [6, 6.07) is 11.6. The van der Waals surface area contributed by atoms with Gasteiger partial charge in [-0.05, 0) is 61.9 Å². The van der Waals surface area contributed by atoms with Crippen LogP contribution in [0.3, 0.4) is 0 Å². The van der Waals surface area contributed by atoms with Crippen LogP contribution in [0.15, 0.2) is 42.5 Å². The van der Waals surface area contributed by atoms with E-state index in [-0.39, 0.29) is 42.0 Å². The minimum absolute atomic E-state index is 0.0296. The summed E-state index contributed by atoms with van der Waals surface area (Å²) in [4.78, 5) is 71.5. The van der Waals surface area contributed by atoms with Crippen molar-refractivity contribution >= 4 is 41.3 Å². The Labute approximate surface area is 306 Å². The Morgan fingerprint density at radius 2 is 1.40 bits per heavy atom. The third-order valence-corrected chi connectivity index (χ3v) is 9.67. The third-order valence-electron chi connectivity index (χ3n) is 9.67. The number of amides is 3. The molecule has 1 aliphatic carbocycles. The molecular weight excluding hydrogens is 670 g/mol. The van der Waals surface area contributed by atoms with Gasteiger partial charge < -0.3 is 35.6 Å². The van der Waals surface area contributed by atoms with Gasteiger partial charge in [-0.1, -0.05) is 72.6 Å². The largest absolute Gasteiger partial charge is 0.497 e. The van der Waals surface area contributed by atoms with Gasteiger partial charge in [0, 0.05) is 23.1 Å². The van der Waals surface area contributed by atoms with Crippen molar-refractivity contribution in [2.24, 2.45) is 22.7 Å². The van der Waals surface area contributed by atoms with Gasteiger partial charge in [-0.2, -0.15) is 0 Å². The van der Waals surface area contributed by atoms with Crippen molar-refractivity contribution in [1.29, 1.82) is 0 Å². The van der Waals surface area contributed by atoms with Gasteiger partial charge >= 0.3 is 17.9 Å². The van der Waals surface area contributed by atoms with Gasteiger partial charge in [-0.3, -0.25) is 19.2 Å². The molecule has 0 heterocycles. The number of rotatable bonds is 16. The summed E-state index contributed by atoms with van der Waals surface area (Å²) < 4.78 is 9.98. The predicted molar refractivity (Wildman–Crippen MR) is 196 cm³/mol. The van der Waals surface area contributed by atoms with Gasteiger partial charge in [0.25, 0.3) is 0 Å². The first-order valence-corrected chi connectivity index (χ1v) is 17.8. The Balaban J connectivity index is 0.000000365. The van der Waals surface area contributed by atoms with Crippen molar-refractivity contribution in [3.05, 3.63) is 59.2 Å². The zero-order chi connectivity index (χ0) is 39.1. The van der Waals surface area contributed by atoms with Crippen molar-refractivity contribution in [2.75, 3.05) is 32.1 Å². The average molecular weight is 726 g/mol. The van der Waals surface area contributed by atoms with E-state index in [1.165, 1.54) is 25.3 Å². The second kappa shape index (κ2) is 20.2. The molecule has 2 atom stereocenters. The maximum Gasteiger partial charge on any atom is 0.339 e. The summed E-state index contributed by atoms with van der Waals surface area (Å²) in [6.07, 6.45) is 4.94. The molecule has 0 radical (unpaired) electrons. The molecule has 0 aromatic heterocycles. The Morgan fingerprint density at radius 3 is 2.00 bits per heavy atom. The van der Waals surface area contributed by atoms with E-state index in [0.717, 1.165) is 30.5 Å². The number of aliphatic carboxylic acids is 1. The molecule has 286 valence electrons. The van der Waals surface area contributed by atoms with Gasteiger partial charge in [0.1, 0.15) is 12.4 Å². The van der Waals surface area contributed by atoms with Crippen molar-refractivity contribution in [3.8, 4) is 5.75 Å². The number of aromatic carboxylic acids is 1. The van der Waals surface area contributed by atoms with E-state index in [2.05, 4.69) is 16.0 Å². The van der Waals surface area contributed by atoms with E-state index in [1.54, 1.807) is 0 Å². The van der Waals surface area contributed by atoms with Crippen LogP contribution in [-0.4, -0.2) is 72.6 Å². The lowest BCUT2D eigenvalue weighted by molar-refractivity contribution is -0.148. The molecule has 0 aliphatic heterocycles. The first-order chi connectivity index (χ1) is 24.5. The van der Waals surface area contributed by atoms with Crippen LogP contribution in [0.25, 0.3) is 0 Å². The molecule has 2 aromatic rings. The highest BCUT2D eigenvalue weighted by atomic mass is 16.5. The van der Waals surface area contributed by atoms with E-state index < -0.39 is 40.6 Å². The lowest BCUT2D eigenvalue weighted by atomic mass is 9.78. The average Bonchev–Trinajstić information content (AvgIpc) is 3.13. The Morgan fingerprint density at radius 1 is 0.788 bits per heavy atom. The van der Waals surface area contributed by atoms with Crippen LogP contribution in [0.2, 0.25) is 0 Å². The number of methoxy groups -OCH3 is 1. The van der Waals surface area contributed by atoms with Gasteiger partial charge in [0.2, 0.25) is 17.7 Å². The van der Waals surface area contributed by atoms with Crippen LogP contribution in [0.5, 0.6) is 5.75 Å². The Bertz CT molecular complexity index is 1570. The number of benzene rings is 2. The molecule has 1 saturated carbocycles. The molecule has 13 nitrogen and oxygen atoms in total. The summed E-state index contributed by atoms with van der Waals surface area (Å²) in [7, 11) is 1.40. The topological polar surface area (TPSA) is 197 Å². The number of para-hydroxylation sites is 1. The quantitative estimate of drug-likeness (QED) is 0.106. The number of hydrogen-bond donors (Lipinski definition) is 5. The molecule has 5 N–H and O–H groups in total. The summed E-state index contributed by atoms with van der Waals surface area (Å²) in [5, 5.41) is 27.1. The summed E-state index contributed by atoms with van der Waals surface area (Å²) in [6.45, 7) is 11.9. The van der Waals surface area contributed by atoms with E-state index in [1.807, 2.05) is 65.8 Å². The number of ether oxygens (including phenoxy) is 2. The van der Waals surface area contributed by atoms with Crippen LogP contribution in [0.1, 0.15) is 106 Å². The number of esters is 1. The number of hydrogen-bond acceptors (Lipinski definition) is 8. The molecule has 52 heavy (non-hydrogen) atoms. The molecule has 0 spiro atoms. The van der Waals surface area contributed by atoms with Crippen molar-refractivity contribution in [2.45, 2.75) is 86.5 Å². The standard InChI is InChI=1S/C22H32N2O4.C17H23NO6/c1-4-22(2,3)21(28)24-18-12-8-5-9-15(18)13-14-23-19(25)16-10-6-7-11-17(16)20(26)27;1-5-17(2,3)16(22)18-8-9-24-15(21)12-7-6-11(23-4)10-13(12)14(19)20/h5,8-9,12,16-17H,4,6-7,10-11,13-14H2,1-3H3,(H,23,25)(H,24,28)(H,26,27);6-7,10H,5,8-9H2,1-4H3,(H,18,22)(H,19,20). The Kier molecular flexibility index (Phi) is 16.8. The summed E-state index contributed by atoms with van der Waals surface area (Å²) in [5.74, 6) is -3.94. The highest BCUT2D eigenvalue weighted by Crippen LogP contribution is 2.30. The number of nitrogens with one attached hydrogen (secondary N) is 3. The monoisotopic (exact) mass is 725 g/mol. The fourth-order valence-corrected chi connectivity index (χ4v) is 5.30. The molecule has 2 aromatic carbocycles. The summed E-state index contributed by atoms with van der Waals surface area (Å²) in [5.41, 5.74) is 0.495. The van der Waals surface area contributed by atoms with Crippen molar-refractivity contribution in [3.63, 3.8) is 0 Å². The van der Waals surface area contributed by atoms with E-state index in [9.17, 15) is 39.0 Å².